The molecular formula is C13H16ClN3O2. The van der Waals surface area contributed by atoms with Gasteiger partial charge in [-0.2, -0.15) is 0 Å². The van der Waals surface area contributed by atoms with E-state index in [4.69, 9.17) is 16.7 Å². The summed E-state index contributed by atoms with van der Waals surface area (Å²) in [4.78, 5) is 17.1. The molecule has 102 valence electrons. The highest BCUT2D eigenvalue weighted by molar-refractivity contribution is 6.30. The van der Waals surface area contributed by atoms with Gasteiger partial charge in [0.05, 0.1) is 17.3 Å². The number of pyridine rings is 1. The third-order valence-electron chi connectivity index (χ3n) is 2.75. The Morgan fingerprint density at radius 2 is 2.26 bits per heavy atom. The monoisotopic (exact) mass is 281 g/mol. The minimum Gasteiger partial charge on any atom is -0.480 e. The van der Waals surface area contributed by atoms with Crippen molar-refractivity contribution in [2.45, 2.75) is 19.9 Å². The van der Waals surface area contributed by atoms with E-state index in [1.54, 1.807) is 12.3 Å². The second-order valence-electron chi connectivity index (χ2n) is 4.45. The molecule has 2 rings (SSSR count). The van der Waals surface area contributed by atoms with Gasteiger partial charge in [0.25, 0.3) is 0 Å². The minimum atomic E-state index is -0.819. The van der Waals surface area contributed by atoms with E-state index in [2.05, 4.69) is 4.98 Å². The van der Waals surface area contributed by atoms with E-state index in [0.29, 0.717) is 11.6 Å². The number of aliphatic carboxylic acids is 1. The molecule has 0 aliphatic rings. The number of carboxylic acids is 1. The number of nitrogens with zero attached hydrogens (tertiary/aromatic N) is 3. The van der Waals surface area contributed by atoms with Gasteiger partial charge in [-0.25, -0.2) is 4.98 Å². The third-order valence-corrected chi connectivity index (χ3v) is 2.97. The average Bonchev–Trinajstić information content (AvgIpc) is 2.69. The highest BCUT2D eigenvalue weighted by atomic mass is 35.5. The lowest BCUT2D eigenvalue weighted by molar-refractivity contribution is -0.138. The van der Waals surface area contributed by atoms with Crippen LogP contribution in [-0.2, 0) is 11.3 Å². The first-order valence-corrected chi connectivity index (χ1v) is 6.53. The molecule has 0 unspecified atom stereocenters. The summed E-state index contributed by atoms with van der Waals surface area (Å²) in [5, 5.41) is 9.53. The molecule has 0 aliphatic heterocycles. The molecular weight excluding hydrogens is 266 g/mol. The first-order chi connectivity index (χ1) is 9.08. The van der Waals surface area contributed by atoms with Crippen molar-refractivity contribution in [3.8, 4) is 0 Å². The maximum absolute atomic E-state index is 10.8. The number of hydrogen-bond donors (Lipinski definition) is 1. The van der Waals surface area contributed by atoms with Gasteiger partial charge in [0.15, 0.2) is 0 Å². The predicted molar refractivity (Wildman–Crippen MR) is 73.4 cm³/mol. The van der Waals surface area contributed by atoms with Crippen LogP contribution in [-0.4, -0.2) is 38.4 Å². The lowest BCUT2D eigenvalue weighted by atomic mass is 10.3. The van der Waals surface area contributed by atoms with Gasteiger partial charge >= 0.3 is 5.97 Å². The Morgan fingerprint density at radius 1 is 1.47 bits per heavy atom. The highest BCUT2D eigenvalue weighted by Crippen LogP contribution is 2.13. The van der Waals surface area contributed by atoms with Crippen molar-refractivity contribution in [1.29, 1.82) is 0 Å². The Bertz CT molecular complexity index is 582. The quantitative estimate of drug-likeness (QED) is 0.882. The van der Waals surface area contributed by atoms with E-state index in [1.165, 1.54) is 0 Å². The predicted octanol–water partition coefficient (Wildman–Crippen LogP) is 2.28. The van der Waals surface area contributed by atoms with Crippen molar-refractivity contribution in [2.24, 2.45) is 0 Å². The maximum Gasteiger partial charge on any atom is 0.317 e. The molecule has 0 atom stereocenters. The van der Waals surface area contributed by atoms with Crippen LogP contribution in [0.5, 0.6) is 0 Å². The molecule has 0 amide bonds. The summed E-state index contributed by atoms with van der Waals surface area (Å²) >= 11 is 5.92. The van der Waals surface area contributed by atoms with E-state index in [0.717, 1.165) is 24.3 Å². The standard InChI is InChI=1S/C13H16ClN3O2/c1-2-5-16(9-13(18)19)7-11-8-17-6-10(14)3-4-12(17)15-11/h3-4,6,8H,2,5,7,9H2,1H3,(H,18,19). The third kappa shape index (κ3) is 3.68. The molecule has 6 heteroatoms. The van der Waals surface area contributed by atoms with Crippen molar-refractivity contribution < 1.29 is 9.90 Å². The molecule has 5 nitrogen and oxygen atoms in total. The Balaban J connectivity index is 2.16. The Labute approximate surface area is 116 Å². The number of hydrogen-bond acceptors (Lipinski definition) is 3. The van der Waals surface area contributed by atoms with Gasteiger partial charge in [0, 0.05) is 18.9 Å². The van der Waals surface area contributed by atoms with Crippen LogP contribution in [0.1, 0.15) is 19.0 Å². The summed E-state index contributed by atoms with van der Waals surface area (Å²) in [6.45, 7) is 3.32. The van der Waals surface area contributed by atoms with Crippen molar-refractivity contribution in [2.75, 3.05) is 13.1 Å². The summed E-state index contributed by atoms with van der Waals surface area (Å²) in [5.41, 5.74) is 1.66. The number of rotatable bonds is 6. The fourth-order valence-corrected chi connectivity index (χ4v) is 2.21. The van der Waals surface area contributed by atoms with E-state index in [-0.39, 0.29) is 6.54 Å². The number of halogens is 1. The normalized spacial score (nSPS) is 11.3. The molecule has 0 fully saturated rings. The number of fused-ring (bicyclic) bond motifs is 1. The zero-order valence-electron chi connectivity index (χ0n) is 10.7. The number of carboxylic acid groups (broad SMARTS) is 1. The highest BCUT2D eigenvalue weighted by Gasteiger charge is 2.11. The molecule has 2 heterocycles. The fourth-order valence-electron chi connectivity index (χ4n) is 2.04. The van der Waals surface area contributed by atoms with Crippen molar-refractivity contribution in [1.82, 2.24) is 14.3 Å². The first kappa shape index (κ1) is 13.8. The summed E-state index contributed by atoms with van der Waals surface area (Å²) in [6.07, 6.45) is 4.58. The maximum atomic E-state index is 10.8. The molecule has 0 aromatic carbocycles. The van der Waals surface area contributed by atoms with E-state index in [1.807, 2.05) is 28.5 Å². The molecule has 2 aromatic heterocycles. The molecule has 0 spiro atoms. The van der Waals surface area contributed by atoms with Crippen molar-refractivity contribution in [3.63, 3.8) is 0 Å². The summed E-state index contributed by atoms with van der Waals surface area (Å²) in [5.74, 6) is -0.819. The number of carbonyl (C=O) groups is 1. The van der Waals surface area contributed by atoms with E-state index >= 15 is 0 Å². The Morgan fingerprint density at radius 3 is 2.95 bits per heavy atom. The second-order valence-corrected chi connectivity index (χ2v) is 4.89. The summed E-state index contributed by atoms with van der Waals surface area (Å²) < 4.78 is 1.85. The van der Waals surface area contributed by atoms with Gasteiger partial charge < -0.3 is 9.51 Å². The largest absolute Gasteiger partial charge is 0.480 e. The summed E-state index contributed by atoms with van der Waals surface area (Å²) in [7, 11) is 0. The first-order valence-electron chi connectivity index (χ1n) is 6.15. The molecule has 1 N–H and O–H groups in total. The molecule has 0 saturated carbocycles. The molecule has 0 bridgehead atoms. The van der Waals surface area contributed by atoms with Gasteiger partial charge in [0.2, 0.25) is 0 Å². The van der Waals surface area contributed by atoms with Crippen LogP contribution >= 0.6 is 11.6 Å². The molecule has 0 aliphatic carbocycles. The van der Waals surface area contributed by atoms with Gasteiger partial charge in [-0.3, -0.25) is 9.69 Å². The van der Waals surface area contributed by atoms with Crippen LogP contribution in [0, 0.1) is 0 Å². The van der Waals surface area contributed by atoms with Crippen molar-refractivity contribution in [3.05, 3.63) is 35.2 Å². The smallest absolute Gasteiger partial charge is 0.317 e. The zero-order chi connectivity index (χ0) is 13.8. The molecule has 0 saturated heterocycles. The SMILES string of the molecule is CCCN(CC(=O)O)Cc1cn2cc(Cl)ccc2n1. The van der Waals surface area contributed by atoms with Crippen LogP contribution < -0.4 is 0 Å². The van der Waals surface area contributed by atoms with Crippen molar-refractivity contribution >= 4 is 23.2 Å². The Hall–Kier alpha value is -1.59. The van der Waals surface area contributed by atoms with Crippen LogP contribution in [0.4, 0.5) is 0 Å². The van der Waals surface area contributed by atoms with Crippen LogP contribution in [0.25, 0.3) is 5.65 Å². The van der Waals surface area contributed by atoms with Crippen LogP contribution in [0.3, 0.4) is 0 Å². The van der Waals surface area contributed by atoms with E-state index < -0.39 is 5.97 Å². The zero-order valence-corrected chi connectivity index (χ0v) is 11.5. The number of imidazole rings is 1. The second kappa shape index (κ2) is 6.04. The van der Waals surface area contributed by atoms with Gasteiger partial charge in [-0.05, 0) is 25.1 Å². The lowest BCUT2D eigenvalue weighted by Crippen LogP contribution is -2.30. The summed E-state index contributed by atoms with van der Waals surface area (Å²) in [6, 6.07) is 3.63. The molecule has 0 radical (unpaired) electrons. The molecule has 19 heavy (non-hydrogen) atoms. The van der Waals surface area contributed by atoms with Crippen LogP contribution in [0.2, 0.25) is 5.02 Å². The van der Waals surface area contributed by atoms with Gasteiger partial charge in [-0.1, -0.05) is 18.5 Å². The van der Waals surface area contributed by atoms with Gasteiger partial charge in [0.1, 0.15) is 5.65 Å². The molecule has 2 aromatic rings. The topological polar surface area (TPSA) is 57.8 Å². The van der Waals surface area contributed by atoms with Gasteiger partial charge in [-0.15, -0.1) is 0 Å². The van der Waals surface area contributed by atoms with Crippen LogP contribution in [0.15, 0.2) is 24.5 Å². The fraction of sp³-hybridized carbons (Fsp3) is 0.385. The minimum absolute atomic E-state index is 0.0302. The number of aromatic nitrogens is 2. The Kier molecular flexibility index (Phi) is 4.39. The van der Waals surface area contributed by atoms with E-state index in [9.17, 15) is 4.79 Å². The average molecular weight is 282 g/mol. The lowest BCUT2D eigenvalue weighted by Gasteiger charge is -2.17.